The Bertz CT molecular complexity index is 845. The molecule has 3 aromatic rings. The lowest BCUT2D eigenvalue weighted by molar-refractivity contribution is 0.0690. The minimum absolute atomic E-state index is 0.0193. The Morgan fingerprint density at radius 2 is 2.19 bits per heavy atom. The van der Waals surface area contributed by atoms with Gasteiger partial charge in [-0.2, -0.15) is 0 Å². The van der Waals surface area contributed by atoms with Crippen molar-refractivity contribution in [2.24, 2.45) is 0 Å². The van der Waals surface area contributed by atoms with E-state index in [1.165, 1.54) is 18.3 Å². The van der Waals surface area contributed by atoms with Crippen molar-refractivity contribution in [1.29, 1.82) is 0 Å². The molecule has 0 atom stereocenters. The van der Waals surface area contributed by atoms with Crippen molar-refractivity contribution < 1.29 is 14.3 Å². The number of aromatic carboxylic acids is 1. The summed E-state index contributed by atoms with van der Waals surface area (Å²) in [7, 11) is 0. The second kappa shape index (κ2) is 5.18. The van der Waals surface area contributed by atoms with Crippen LogP contribution in [0.15, 0.2) is 42.7 Å². The van der Waals surface area contributed by atoms with E-state index in [4.69, 9.17) is 16.7 Å². The van der Waals surface area contributed by atoms with Gasteiger partial charge in [0.15, 0.2) is 0 Å². The molecule has 0 amide bonds. The zero-order valence-corrected chi connectivity index (χ0v) is 11.5. The quantitative estimate of drug-likeness (QED) is 0.804. The number of pyridine rings is 1. The fourth-order valence-electron chi connectivity index (χ4n) is 2.20. The van der Waals surface area contributed by atoms with Gasteiger partial charge in [0.25, 0.3) is 0 Å². The zero-order chi connectivity index (χ0) is 15.0. The minimum Gasteiger partial charge on any atom is -0.477 e. The van der Waals surface area contributed by atoms with Crippen molar-refractivity contribution in [2.45, 2.75) is 6.54 Å². The molecular formula is C15H10ClFN2O2. The van der Waals surface area contributed by atoms with E-state index in [0.29, 0.717) is 12.1 Å². The van der Waals surface area contributed by atoms with Gasteiger partial charge in [-0.3, -0.25) is 0 Å². The van der Waals surface area contributed by atoms with Crippen LogP contribution in [0.3, 0.4) is 0 Å². The van der Waals surface area contributed by atoms with Crippen LogP contribution in [0.1, 0.15) is 16.1 Å². The number of rotatable bonds is 3. The number of fused-ring (bicyclic) bond motifs is 1. The fourth-order valence-corrected chi connectivity index (χ4v) is 2.39. The Kier molecular flexibility index (Phi) is 3.35. The average molecular weight is 305 g/mol. The summed E-state index contributed by atoms with van der Waals surface area (Å²) in [6.45, 7) is 0.296. The van der Waals surface area contributed by atoms with E-state index in [0.717, 1.165) is 10.9 Å². The second-order valence-electron chi connectivity index (χ2n) is 4.59. The third kappa shape index (κ3) is 2.48. The van der Waals surface area contributed by atoms with Crippen LogP contribution < -0.4 is 0 Å². The van der Waals surface area contributed by atoms with Crippen LogP contribution >= 0.6 is 11.6 Å². The predicted molar refractivity (Wildman–Crippen MR) is 77.2 cm³/mol. The van der Waals surface area contributed by atoms with E-state index >= 15 is 0 Å². The van der Waals surface area contributed by atoms with Gasteiger partial charge in [0, 0.05) is 17.1 Å². The van der Waals surface area contributed by atoms with Crippen molar-refractivity contribution in [3.8, 4) is 0 Å². The molecule has 0 saturated heterocycles. The standard InChI is InChI=1S/C15H10ClFN2O2/c16-11-3-1-2-10(14(11)17)8-19-5-4-9-6-12(15(20)21)18-7-13(9)19/h1-7H,8H2,(H,20,21). The lowest BCUT2D eigenvalue weighted by Gasteiger charge is -2.07. The SMILES string of the molecule is O=C(O)c1cc2ccn(Cc3cccc(Cl)c3F)c2cn1. The highest BCUT2D eigenvalue weighted by Gasteiger charge is 2.11. The van der Waals surface area contributed by atoms with Gasteiger partial charge in [0.2, 0.25) is 0 Å². The Labute approximate surface area is 124 Å². The van der Waals surface area contributed by atoms with Crippen molar-refractivity contribution in [3.63, 3.8) is 0 Å². The van der Waals surface area contributed by atoms with Crippen LogP contribution in [-0.2, 0) is 6.54 Å². The third-order valence-electron chi connectivity index (χ3n) is 3.25. The molecule has 2 heterocycles. The Balaban J connectivity index is 2.02. The number of nitrogens with zero attached hydrogens (tertiary/aromatic N) is 2. The number of benzene rings is 1. The summed E-state index contributed by atoms with van der Waals surface area (Å²) in [5.41, 5.74) is 1.18. The largest absolute Gasteiger partial charge is 0.477 e. The van der Waals surface area contributed by atoms with Crippen LogP contribution in [0, 0.1) is 5.82 Å². The molecule has 6 heteroatoms. The summed E-state index contributed by atoms with van der Waals surface area (Å²) in [5.74, 6) is -1.53. The third-order valence-corrected chi connectivity index (χ3v) is 3.54. The Morgan fingerprint density at radius 1 is 1.38 bits per heavy atom. The molecule has 4 nitrogen and oxygen atoms in total. The van der Waals surface area contributed by atoms with Gasteiger partial charge in [-0.25, -0.2) is 14.2 Å². The molecule has 2 aromatic heterocycles. The number of hydrogen-bond donors (Lipinski definition) is 1. The molecule has 0 saturated carbocycles. The Hall–Kier alpha value is -2.40. The summed E-state index contributed by atoms with van der Waals surface area (Å²) < 4.78 is 15.7. The maximum absolute atomic E-state index is 13.9. The first-order chi connectivity index (χ1) is 10.1. The topological polar surface area (TPSA) is 55.1 Å². The highest BCUT2D eigenvalue weighted by Crippen LogP contribution is 2.22. The molecular weight excluding hydrogens is 295 g/mol. The first-order valence-corrected chi connectivity index (χ1v) is 6.55. The maximum Gasteiger partial charge on any atom is 0.354 e. The number of carbonyl (C=O) groups is 1. The lowest BCUT2D eigenvalue weighted by Crippen LogP contribution is -2.03. The van der Waals surface area contributed by atoms with Crippen LogP contribution in [0.5, 0.6) is 0 Å². The molecule has 0 radical (unpaired) electrons. The summed E-state index contributed by atoms with van der Waals surface area (Å²) in [6, 6.07) is 8.10. The van der Waals surface area contributed by atoms with Crippen molar-refractivity contribution in [3.05, 3.63) is 64.8 Å². The van der Waals surface area contributed by atoms with Gasteiger partial charge in [0.1, 0.15) is 11.5 Å². The van der Waals surface area contributed by atoms with Gasteiger partial charge < -0.3 is 9.67 Å². The fraction of sp³-hybridized carbons (Fsp3) is 0.0667. The van der Waals surface area contributed by atoms with E-state index in [-0.39, 0.29) is 10.7 Å². The first kappa shape index (κ1) is 13.6. The molecule has 0 aliphatic heterocycles. The normalized spacial score (nSPS) is 11.0. The average Bonchev–Trinajstić information content (AvgIpc) is 2.86. The van der Waals surface area contributed by atoms with E-state index in [1.54, 1.807) is 29.0 Å². The van der Waals surface area contributed by atoms with Gasteiger partial charge in [-0.15, -0.1) is 0 Å². The molecule has 21 heavy (non-hydrogen) atoms. The zero-order valence-electron chi connectivity index (χ0n) is 10.8. The number of hydrogen-bond acceptors (Lipinski definition) is 2. The molecule has 0 spiro atoms. The molecule has 1 aromatic carbocycles. The number of aromatic nitrogens is 2. The van der Waals surface area contributed by atoms with Gasteiger partial charge in [-0.05, 0) is 18.2 Å². The monoisotopic (exact) mass is 304 g/mol. The summed E-state index contributed by atoms with van der Waals surface area (Å²) >= 11 is 5.77. The molecule has 106 valence electrons. The highest BCUT2D eigenvalue weighted by molar-refractivity contribution is 6.30. The van der Waals surface area contributed by atoms with Gasteiger partial charge in [0.05, 0.1) is 23.3 Å². The minimum atomic E-state index is -1.08. The number of halogens is 2. The maximum atomic E-state index is 13.9. The summed E-state index contributed by atoms with van der Waals surface area (Å²) in [6.07, 6.45) is 3.24. The molecule has 3 rings (SSSR count). The first-order valence-electron chi connectivity index (χ1n) is 6.17. The second-order valence-corrected chi connectivity index (χ2v) is 5.00. The van der Waals surface area contributed by atoms with Gasteiger partial charge in [-0.1, -0.05) is 23.7 Å². The van der Waals surface area contributed by atoms with Crippen LogP contribution in [0.25, 0.3) is 10.9 Å². The molecule has 0 aliphatic rings. The van der Waals surface area contributed by atoms with Crippen molar-refractivity contribution >= 4 is 28.5 Å². The molecule has 0 aliphatic carbocycles. The molecule has 0 fully saturated rings. The van der Waals surface area contributed by atoms with E-state index in [9.17, 15) is 9.18 Å². The van der Waals surface area contributed by atoms with E-state index in [1.807, 2.05) is 0 Å². The van der Waals surface area contributed by atoms with Crippen LogP contribution in [0.2, 0.25) is 5.02 Å². The lowest BCUT2D eigenvalue weighted by atomic mass is 10.2. The summed E-state index contributed by atoms with van der Waals surface area (Å²) in [5, 5.41) is 9.74. The summed E-state index contributed by atoms with van der Waals surface area (Å²) in [4.78, 5) is 14.8. The molecule has 0 unspecified atom stereocenters. The highest BCUT2D eigenvalue weighted by atomic mass is 35.5. The van der Waals surface area contributed by atoms with E-state index < -0.39 is 11.8 Å². The van der Waals surface area contributed by atoms with E-state index in [2.05, 4.69) is 4.98 Å². The van der Waals surface area contributed by atoms with Crippen molar-refractivity contribution in [2.75, 3.05) is 0 Å². The van der Waals surface area contributed by atoms with Crippen LogP contribution in [0.4, 0.5) is 4.39 Å². The predicted octanol–water partition coefficient (Wildman–Crippen LogP) is 3.58. The molecule has 0 bridgehead atoms. The smallest absolute Gasteiger partial charge is 0.354 e. The number of carboxylic acids is 1. The van der Waals surface area contributed by atoms with Crippen LogP contribution in [-0.4, -0.2) is 20.6 Å². The number of carboxylic acid groups (broad SMARTS) is 1. The van der Waals surface area contributed by atoms with Crippen molar-refractivity contribution in [1.82, 2.24) is 9.55 Å². The Morgan fingerprint density at radius 3 is 2.95 bits per heavy atom. The van der Waals surface area contributed by atoms with Gasteiger partial charge >= 0.3 is 5.97 Å². The molecule has 1 N–H and O–H groups in total.